The zero-order valence-corrected chi connectivity index (χ0v) is 8.93. The Bertz CT molecular complexity index is 527. The largest absolute Gasteiger partial charge is 0.493 e. The number of guanidine groups is 1. The lowest BCUT2D eigenvalue weighted by Gasteiger charge is -1.98. The Hall–Kier alpha value is -2.17. The lowest BCUT2D eigenvalue weighted by Crippen LogP contribution is -2.22. The highest BCUT2D eigenvalue weighted by molar-refractivity contribution is 5.83. The number of hydrogen-bond donors (Lipinski definition) is 2. The summed E-state index contributed by atoms with van der Waals surface area (Å²) in [5.74, 6) is 1.45. The molecule has 0 aliphatic heterocycles. The van der Waals surface area contributed by atoms with Crippen LogP contribution in [-0.2, 0) is 6.54 Å². The Morgan fingerprint density at radius 2 is 2.25 bits per heavy atom. The fourth-order valence-electron chi connectivity index (χ4n) is 1.50. The maximum atomic E-state index is 5.60. The summed E-state index contributed by atoms with van der Waals surface area (Å²) in [6, 6.07) is 7.59. The summed E-state index contributed by atoms with van der Waals surface area (Å²) in [6.45, 7) is 0.333. The average Bonchev–Trinajstić information content (AvgIpc) is 2.68. The molecule has 1 heterocycles. The molecule has 0 radical (unpaired) electrons. The molecule has 0 spiro atoms. The van der Waals surface area contributed by atoms with E-state index in [0.29, 0.717) is 23.6 Å². The van der Waals surface area contributed by atoms with Gasteiger partial charge in [-0.1, -0.05) is 12.1 Å². The molecule has 2 rings (SSSR count). The summed E-state index contributed by atoms with van der Waals surface area (Å²) in [5.41, 5.74) is 11.2. The number of furan rings is 1. The van der Waals surface area contributed by atoms with E-state index in [1.165, 1.54) is 0 Å². The van der Waals surface area contributed by atoms with E-state index in [1.807, 2.05) is 24.3 Å². The minimum Gasteiger partial charge on any atom is -0.493 e. The molecule has 0 bridgehead atoms. The van der Waals surface area contributed by atoms with Gasteiger partial charge < -0.3 is 20.6 Å². The van der Waals surface area contributed by atoms with Crippen molar-refractivity contribution in [2.45, 2.75) is 6.54 Å². The molecule has 84 valence electrons. The van der Waals surface area contributed by atoms with E-state index in [4.69, 9.17) is 20.6 Å². The van der Waals surface area contributed by atoms with Crippen molar-refractivity contribution in [3.8, 4) is 5.75 Å². The van der Waals surface area contributed by atoms with Gasteiger partial charge in [-0.15, -0.1) is 0 Å². The number of fused-ring (bicyclic) bond motifs is 1. The zero-order valence-electron chi connectivity index (χ0n) is 8.93. The van der Waals surface area contributed by atoms with Crippen molar-refractivity contribution in [2.24, 2.45) is 16.5 Å². The van der Waals surface area contributed by atoms with Gasteiger partial charge in [0.2, 0.25) is 0 Å². The van der Waals surface area contributed by atoms with Gasteiger partial charge in [-0.05, 0) is 12.1 Å². The van der Waals surface area contributed by atoms with Crippen LogP contribution in [-0.4, -0.2) is 13.1 Å². The van der Waals surface area contributed by atoms with Crippen molar-refractivity contribution >= 4 is 16.9 Å². The molecule has 0 aliphatic carbocycles. The van der Waals surface area contributed by atoms with Crippen LogP contribution < -0.4 is 16.2 Å². The predicted molar refractivity (Wildman–Crippen MR) is 62.3 cm³/mol. The number of para-hydroxylation sites is 1. The molecule has 0 saturated heterocycles. The summed E-state index contributed by atoms with van der Waals surface area (Å²) >= 11 is 0. The fraction of sp³-hybridized carbons (Fsp3) is 0.182. The smallest absolute Gasteiger partial charge is 0.186 e. The van der Waals surface area contributed by atoms with E-state index in [9.17, 15) is 0 Å². The molecule has 16 heavy (non-hydrogen) atoms. The van der Waals surface area contributed by atoms with Crippen molar-refractivity contribution in [1.82, 2.24) is 0 Å². The minimum absolute atomic E-state index is 0.0485. The number of rotatable bonds is 3. The van der Waals surface area contributed by atoms with Gasteiger partial charge in [-0.3, -0.25) is 0 Å². The van der Waals surface area contributed by atoms with Crippen molar-refractivity contribution in [1.29, 1.82) is 0 Å². The van der Waals surface area contributed by atoms with Crippen LogP contribution in [0.25, 0.3) is 11.0 Å². The molecule has 5 heteroatoms. The standard InChI is InChI=1S/C11H13N3O2/c1-15-9-4-2-3-7-5-8(16-10(7)9)6-14-11(12)13/h2-5H,6H2,1H3,(H4,12,13,14). The lowest BCUT2D eigenvalue weighted by molar-refractivity contribution is 0.407. The van der Waals surface area contributed by atoms with Crippen LogP contribution in [0.4, 0.5) is 0 Å². The Kier molecular flexibility index (Phi) is 2.68. The highest BCUT2D eigenvalue weighted by Crippen LogP contribution is 2.28. The molecule has 2 aromatic rings. The molecule has 0 unspecified atom stereocenters. The van der Waals surface area contributed by atoms with Crippen LogP contribution in [0.5, 0.6) is 5.75 Å². The Labute approximate surface area is 92.7 Å². The van der Waals surface area contributed by atoms with Gasteiger partial charge in [-0.25, -0.2) is 4.99 Å². The first-order valence-corrected chi connectivity index (χ1v) is 4.81. The number of benzene rings is 1. The van der Waals surface area contributed by atoms with Crippen molar-refractivity contribution in [2.75, 3.05) is 7.11 Å². The van der Waals surface area contributed by atoms with E-state index >= 15 is 0 Å². The first-order chi connectivity index (χ1) is 7.70. The molecule has 1 aromatic carbocycles. The molecule has 0 amide bonds. The first kappa shape index (κ1) is 10.4. The number of hydrogen-bond acceptors (Lipinski definition) is 3. The van der Waals surface area contributed by atoms with E-state index in [2.05, 4.69) is 4.99 Å². The maximum Gasteiger partial charge on any atom is 0.186 e. The van der Waals surface area contributed by atoms with Gasteiger partial charge in [0.25, 0.3) is 0 Å². The molecule has 0 saturated carbocycles. The number of aliphatic imine (C=N–C) groups is 1. The molecule has 1 aromatic heterocycles. The van der Waals surface area contributed by atoms with Crippen LogP contribution in [0.1, 0.15) is 5.76 Å². The number of nitrogens with two attached hydrogens (primary N) is 2. The second-order valence-electron chi connectivity index (χ2n) is 3.33. The van der Waals surface area contributed by atoms with Gasteiger partial charge in [0.15, 0.2) is 17.3 Å². The monoisotopic (exact) mass is 219 g/mol. The topological polar surface area (TPSA) is 86.8 Å². The van der Waals surface area contributed by atoms with Gasteiger partial charge in [0.1, 0.15) is 12.3 Å². The van der Waals surface area contributed by atoms with E-state index in [0.717, 1.165) is 5.39 Å². The summed E-state index contributed by atoms with van der Waals surface area (Å²) in [7, 11) is 1.60. The Morgan fingerprint density at radius 3 is 2.94 bits per heavy atom. The van der Waals surface area contributed by atoms with Gasteiger partial charge >= 0.3 is 0 Å². The van der Waals surface area contributed by atoms with Crippen LogP contribution >= 0.6 is 0 Å². The second kappa shape index (κ2) is 4.14. The lowest BCUT2D eigenvalue weighted by atomic mass is 10.2. The van der Waals surface area contributed by atoms with Crippen LogP contribution in [0.2, 0.25) is 0 Å². The molecular formula is C11H13N3O2. The summed E-state index contributed by atoms with van der Waals surface area (Å²) < 4.78 is 10.8. The summed E-state index contributed by atoms with van der Waals surface area (Å²) in [4.78, 5) is 3.88. The van der Waals surface area contributed by atoms with E-state index in [-0.39, 0.29) is 5.96 Å². The summed E-state index contributed by atoms with van der Waals surface area (Å²) in [5, 5.41) is 0.972. The third-order valence-electron chi connectivity index (χ3n) is 2.20. The maximum absolute atomic E-state index is 5.60. The molecule has 0 aliphatic rings. The zero-order chi connectivity index (χ0) is 11.5. The normalized spacial score (nSPS) is 10.3. The molecule has 5 nitrogen and oxygen atoms in total. The quantitative estimate of drug-likeness (QED) is 0.600. The fourth-order valence-corrected chi connectivity index (χ4v) is 1.50. The minimum atomic E-state index is 0.0485. The van der Waals surface area contributed by atoms with Crippen LogP contribution in [0.15, 0.2) is 33.7 Å². The first-order valence-electron chi connectivity index (χ1n) is 4.81. The van der Waals surface area contributed by atoms with Gasteiger partial charge in [0, 0.05) is 5.39 Å². The third-order valence-corrected chi connectivity index (χ3v) is 2.20. The highest BCUT2D eigenvalue weighted by atomic mass is 16.5. The van der Waals surface area contributed by atoms with E-state index in [1.54, 1.807) is 7.11 Å². The van der Waals surface area contributed by atoms with Crippen molar-refractivity contribution < 1.29 is 9.15 Å². The molecular weight excluding hydrogens is 206 g/mol. The molecule has 0 atom stereocenters. The molecule has 0 fully saturated rings. The van der Waals surface area contributed by atoms with Crippen molar-refractivity contribution in [3.63, 3.8) is 0 Å². The second-order valence-corrected chi connectivity index (χ2v) is 3.33. The van der Waals surface area contributed by atoms with Crippen LogP contribution in [0, 0.1) is 0 Å². The Balaban J connectivity index is 2.40. The van der Waals surface area contributed by atoms with Crippen molar-refractivity contribution in [3.05, 3.63) is 30.0 Å². The van der Waals surface area contributed by atoms with E-state index < -0.39 is 0 Å². The SMILES string of the molecule is COc1cccc2cc(CN=C(N)N)oc12. The predicted octanol–water partition coefficient (Wildman–Crippen LogP) is 1.21. The number of methoxy groups -OCH3 is 1. The summed E-state index contributed by atoms with van der Waals surface area (Å²) in [6.07, 6.45) is 0. The van der Waals surface area contributed by atoms with Gasteiger partial charge in [0.05, 0.1) is 7.11 Å². The Morgan fingerprint density at radius 1 is 1.44 bits per heavy atom. The number of nitrogens with zero attached hydrogens (tertiary/aromatic N) is 1. The van der Waals surface area contributed by atoms with Gasteiger partial charge in [-0.2, -0.15) is 0 Å². The highest BCUT2D eigenvalue weighted by Gasteiger charge is 2.07. The molecule has 4 N–H and O–H groups in total. The third kappa shape index (κ3) is 1.93. The average molecular weight is 219 g/mol. The van der Waals surface area contributed by atoms with Crippen LogP contribution in [0.3, 0.4) is 0 Å². The number of ether oxygens (including phenoxy) is 1.